The van der Waals surface area contributed by atoms with Gasteiger partial charge in [-0.15, -0.1) is 0 Å². The Bertz CT molecular complexity index is 774. The van der Waals surface area contributed by atoms with Crippen molar-refractivity contribution in [3.63, 3.8) is 0 Å². The molecule has 0 unspecified atom stereocenters. The maximum atomic E-state index is 14.0. The highest BCUT2D eigenvalue weighted by atomic mass is 19.1. The van der Waals surface area contributed by atoms with Crippen molar-refractivity contribution in [2.45, 2.75) is 13.8 Å². The number of benzene rings is 1. The van der Waals surface area contributed by atoms with Crippen molar-refractivity contribution in [3.05, 3.63) is 47.7 Å². The van der Waals surface area contributed by atoms with Crippen LogP contribution in [0, 0.1) is 19.7 Å². The van der Waals surface area contributed by atoms with Crippen LogP contribution in [0.15, 0.2) is 39.3 Å². The molecule has 3 aromatic rings. The number of aryl methyl sites for hydroxylation is 2. The highest BCUT2D eigenvalue weighted by Crippen LogP contribution is 2.39. The number of nitrogens with zero attached hydrogens (tertiary/aromatic N) is 1. The normalized spacial score (nSPS) is 10.9. The van der Waals surface area contributed by atoms with Gasteiger partial charge in [0.15, 0.2) is 11.6 Å². The molecule has 2 aromatic heterocycles. The molecule has 0 spiro atoms. The molecule has 0 amide bonds. The Morgan fingerprint density at radius 1 is 1.15 bits per heavy atom. The predicted molar refractivity (Wildman–Crippen MR) is 73.5 cm³/mol. The molecule has 1 aromatic carbocycles. The van der Waals surface area contributed by atoms with Crippen molar-refractivity contribution < 1.29 is 13.3 Å². The molecule has 0 bridgehead atoms. The summed E-state index contributed by atoms with van der Waals surface area (Å²) in [5.74, 6) is 1.62. The molecule has 5 heteroatoms. The third-order valence-electron chi connectivity index (χ3n) is 3.15. The van der Waals surface area contributed by atoms with E-state index in [1.54, 1.807) is 18.2 Å². The van der Waals surface area contributed by atoms with Crippen LogP contribution in [-0.4, -0.2) is 5.16 Å². The van der Waals surface area contributed by atoms with Crippen LogP contribution in [0.5, 0.6) is 0 Å². The third kappa shape index (κ3) is 1.87. The van der Waals surface area contributed by atoms with Crippen LogP contribution in [0.4, 0.5) is 10.2 Å². The van der Waals surface area contributed by atoms with Crippen LogP contribution in [0.2, 0.25) is 0 Å². The number of aromatic nitrogens is 1. The zero-order chi connectivity index (χ0) is 14.3. The maximum absolute atomic E-state index is 14.0. The van der Waals surface area contributed by atoms with Gasteiger partial charge in [0.1, 0.15) is 17.3 Å². The van der Waals surface area contributed by atoms with Crippen molar-refractivity contribution in [2.24, 2.45) is 0 Å². The van der Waals surface area contributed by atoms with Crippen molar-refractivity contribution in [3.8, 4) is 22.5 Å². The van der Waals surface area contributed by atoms with E-state index >= 15 is 0 Å². The largest absolute Gasteiger partial charge is 0.466 e. The molecule has 0 saturated heterocycles. The standard InChI is InChI=1S/C15H13FN2O2/c1-8-7-11(9(2)19-8)14-13(15(17)18-20-14)10-5-3-4-6-12(10)16/h3-7H,1-2H3,(H2,17,18). The monoisotopic (exact) mass is 272 g/mol. The van der Waals surface area contributed by atoms with E-state index in [2.05, 4.69) is 5.16 Å². The summed E-state index contributed by atoms with van der Waals surface area (Å²) < 4.78 is 24.7. The maximum Gasteiger partial charge on any atom is 0.180 e. The molecule has 102 valence electrons. The van der Waals surface area contributed by atoms with E-state index < -0.39 is 0 Å². The predicted octanol–water partition coefficient (Wildman–Crippen LogP) is 3.94. The third-order valence-corrected chi connectivity index (χ3v) is 3.15. The summed E-state index contributed by atoms with van der Waals surface area (Å²) in [6, 6.07) is 8.19. The van der Waals surface area contributed by atoms with E-state index in [9.17, 15) is 4.39 Å². The minimum absolute atomic E-state index is 0.156. The Balaban J connectivity index is 2.26. The van der Waals surface area contributed by atoms with E-state index in [4.69, 9.17) is 14.7 Å². The topological polar surface area (TPSA) is 65.2 Å². The van der Waals surface area contributed by atoms with Gasteiger partial charge in [0.25, 0.3) is 0 Å². The summed E-state index contributed by atoms with van der Waals surface area (Å²) in [7, 11) is 0. The fraction of sp³-hybridized carbons (Fsp3) is 0.133. The average molecular weight is 272 g/mol. The van der Waals surface area contributed by atoms with Crippen LogP contribution < -0.4 is 5.73 Å². The highest BCUT2D eigenvalue weighted by Gasteiger charge is 2.23. The molecular weight excluding hydrogens is 259 g/mol. The van der Waals surface area contributed by atoms with Gasteiger partial charge in [-0.1, -0.05) is 23.4 Å². The first kappa shape index (κ1) is 12.5. The van der Waals surface area contributed by atoms with Crippen LogP contribution in [0.1, 0.15) is 11.5 Å². The van der Waals surface area contributed by atoms with Gasteiger partial charge in [-0.3, -0.25) is 0 Å². The van der Waals surface area contributed by atoms with E-state index in [-0.39, 0.29) is 11.6 Å². The van der Waals surface area contributed by atoms with Crippen LogP contribution in [0.25, 0.3) is 22.5 Å². The van der Waals surface area contributed by atoms with E-state index in [0.717, 1.165) is 11.3 Å². The first-order chi connectivity index (χ1) is 9.58. The van der Waals surface area contributed by atoms with Crippen molar-refractivity contribution in [1.82, 2.24) is 5.16 Å². The van der Waals surface area contributed by atoms with E-state index in [1.165, 1.54) is 6.07 Å². The molecule has 2 heterocycles. The minimum Gasteiger partial charge on any atom is -0.466 e. The fourth-order valence-corrected chi connectivity index (χ4v) is 2.27. The highest BCUT2D eigenvalue weighted by molar-refractivity contribution is 5.87. The summed E-state index contributed by atoms with van der Waals surface area (Å²) in [5, 5.41) is 3.76. The Morgan fingerprint density at radius 2 is 1.90 bits per heavy atom. The second-order valence-corrected chi connectivity index (χ2v) is 4.58. The molecule has 0 saturated carbocycles. The van der Waals surface area contributed by atoms with Crippen molar-refractivity contribution in [1.29, 1.82) is 0 Å². The molecular formula is C15H13FN2O2. The van der Waals surface area contributed by atoms with Gasteiger partial charge >= 0.3 is 0 Å². The van der Waals surface area contributed by atoms with Crippen LogP contribution in [-0.2, 0) is 0 Å². The van der Waals surface area contributed by atoms with Gasteiger partial charge in [0.2, 0.25) is 0 Å². The summed E-state index contributed by atoms with van der Waals surface area (Å²) in [6.07, 6.45) is 0. The smallest absolute Gasteiger partial charge is 0.180 e. The van der Waals surface area contributed by atoms with Gasteiger partial charge in [0, 0.05) is 5.56 Å². The molecule has 0 atom stereocenters. The number of rotatable bonds is 2. The molecule has 0 fully saturated rings. The average Bonchev–Trinajstić information content (AvgIpc) is 2.93. The van der Waals surface area contributed by atoms with Gasteiger partial charge in [0.05, 0.1) is 11.1 Å². The van der Waals surface area contributed by atoms with Crippen LogP contribution >= 0.6 is 0 Å². The molecule has 20 heavy (non-hydrogen) atoms. The lowest BCUT2D eigenvalue weighted by Crippen LogP contribution is -1.91. The zero-order valence-electron chi connectivity index (χ0n) is 11.1. The SMILES string of the molecule is Cc1cc(-c2onc(N)c2-c2ccccc2F)c(C)o1. The molecule has 2 N–H and O–H groups in total. The van der Waals surface area contributed by atoms with Gasteiger partial charge in [-0.25, -0.2) is 4.39 Å². The summed E-state index contributed by atoms with van der Waals surface area (Å²) in [4.78, 5) is 0. The Hall–Kier alpha value is -2.56. The number of hydrogen-bond acceptors (Lipinski definition) is 4. The lowest BCUT2D eigenvalue weighted by molar-refractivity contribution is 0.434. The second kappa shape index (κ2) is 4.52. The number of nitrogen functional groups attached to an aromatic ring is 1. The van der Waals surface area contributed by atoms with Crippen molar-refractivity contribution >= 4 is 5.82 Å². The Kier molecular flexibility index (Phi) is 2.82. The number of furan rings is 1. The second-order valence-electron chi connectivity index (χ2n) is 4.58. The first-order valence-corrected chi connectivity index (χ1v) is 6.15. The quantitative estimate of drug-likeness (QED) is 0.767. The van der Waals surface area contributed by atoms with Gasteiger partial charge < -0.3 is 14.7 Å². The molecule has 3 rings (SSSR count). The Labute approximate surface area is 115 Å². The molecule has 4 nitrogen and oxygen atoms in total. The number of anilines is 1. The molecule has 0 aliphatic heterocycles. The van der Waals surface area contributed by atoms with Gasteiger partial charge in [-0.2, -0.15) is 0 Å². The lowest BCUT2D eigenvalue weighted by atomic mass is 10.0. The first-order valence-electron chi connectivity index (χ1n) is 6.15. The Morgan fingerprint density at radius 3 is 2.55 bits per heavy atom. The lowest BCUT2D eigenvalue weighted by Gasteiger charge is -2.03. The number of hydrogen-bond donors (Lipinski definition) is 1. The molecule has 0 aliphatic carbocycles. The number of halogens is 1. The van der Waals surface area contributed by atoms with E-state index in [0.29, 0.717) is 22.6 Å². The minimum atomic E-state index is -0.374. The fourth-order valence-electron chi connectivity index (χ4n) is 2.27. The summed E-state index contributed by atoms with van der Waals surface area (Å²) >= 11 is 0. The zero-order valence-corrected chi connectivity index (χ0v) is 11.1. The summed E-state index contributed by atoms with van der Waals surface area (Å²) in [6.45, 7) is 3.64. The summed E-state index contributed by atoms with van der Waals surface area (Å²) in [5.41, 5.74) is 7.37. The number of nitrogens with two attached hydrogens (primary N) is 1. The van der Waals surface area contributed by atoms with Gasteiger partial charge in [-0.05, 0) is 26.0 Å². The molecule has 0 radical (unpaired) electrons. The van der Waals surface area contributed by atoms with Crippen molar-refractivity contribution in [2.75, 3.05) is 5.73 Å². The van der Waals surface area contributed by atoms with E-state index in [1.807, 2.05) is 19.9 Å². The molecule has 0 aliphatic rings. The van der Waals surface area contributed by atoms with Crippen LogP contribution in [0.3, 0.4) is 0 Å².